The predicted octanol–water partition coefficient (Wildman–Crippen LogP) is 2.60. The van der Waals surface area contributed by atoms with Crippen molar-refractivity contribution in [2.45, 2.75) is 38.6 Å². The van der Waals surface area contributed by atoms with E-state index in [2.05, 4.69) is 10.4 Å². The van der Waals surface area contributed by atoms with Crippen LogP contribution < -0.4 is 5.32 Å². The number of amides is 1. The molecule has 1 aliphatic rings. The molecule has 0 unspecified atom stereocenters. The van der Waals surface area contributed by atoms with Gasteiger partial charge in [0, 0.05) is 18.3 Å². The van der Waals surface area contributed by atoms with Crippen molar-refractivity contribution in [1.29, 1.82) is 0 Å². The number of aryl methyl sites for hydroxylation is 1. The molecule has 3 rings (SSSR count). The van der Waals surface area contributed by atoms with Gasteiger partial charge >= 0.3 is 0 Å². The van der Waals surface area contributed by atoms with Crippen LogP contribution in [0, 0.1) is 18.7 Å². The molecule has 0 spiro atoms. The standard InChI is InChI=1S/C18H22FN3O2/c1-12-10-17(21-22(12)16-8-4-14(19)5-9-16)18(24)20-15-6-2-13(11-23)3-7-15/h4-5,8-10,13,15,23H,2-3,6-7,11H2,1H3,(H,20,24). The minimum absolute atomic E-state index is 0.136. The Bertz CT molecular complexity index is 704. The third-order valence-corrected chi connectivity index (χ3v) is 4.63. The van der Waals surface area contributed by atoms with Crippen molar-refractivity contribution in [3.05, 3.63) is 47.5 Å². The molecule has 6 heteroatoms. The molecule has 1 aliphatic carbocycles. The fraction of sp³-hybridized carbons (Fsp3) is 0.444. The first-order chi connectivity index (χ1) is 11.6. The van der Waals surface area contributed by atoms with Crippen LogP contribution >= 0.6 is 0 Å². The van der Waals surface area contributed by atoms with E-state index in [1.54, 1.807) is 22.9 Å². The summed E-state index contributed by atoms with van der Waals surface area (Å²) < 4.78 is 14.7. The molecule has 24 heavy (non-hydrogen) atoms. The lowest BCUT2D eigenvalue weighted by atomic mass is 9.86. The minimum atomic E-state index is -0.306. The van der Waals surface area contributed by atoms with Crippen LogP contribution in [0.25, 0.3) is 5.69 Å². The van der Waals surface area contributed by atoms with Gasteiger partial charge in [0.2, 0.25) is 0 Å². The number of hydrogen-bond acceptors (Lipinski definition) is 3. The number of halogens is 1. The van der Waals surface area contributed by atoms with Crippen LogP contribution in [0.1, 0.15) is 41.9 Å². The molecule has 1 amide bonds. The summed E-state index contributed by atoms with van der Waals surface area (Å²) in [7, 11) is 0. The summed E-state index contributed by atoms with van der Waals surface area (Å²) in [5.41, 5.74) is 1.90. The Labute approximate surface area is 140 Å². The Morgan fingerprint density at radius 1 is 1.29 bits per heavy atom. The lowest BCUT2D eigenvalue weighted by Crippen LogP contribution is -2.38. The van der Waals surface area contributed by atoms with Crippen molar-refractivity contribution in [2.75, 3.05) is 6.61 Å². The van der Waals surface area contributed by atoms with Gasteiger partial charge in [0.1, 0.15) is 5.82 Å². The summed E-state index contributed by atoms with van der Waals surface area (Å²) in [4.78, 5) is 12.4. The highest BCUT2D eigenvalue weighted by Crippen LogP contribution is 2.24. The second-order valence-corrected chi connectivity index (χ2v) is 6.43. The average Bonchev–Trinajstić information content (AvgIpc) is 2.98. The predicted molar refractivity (Wildman–Crippen MR) is 88.6 cm³/mol. The van der Waals surface area contributed by atoms with Crippen LogP contribution in [0.4, 0.5) is 4.39 Å². The molecule has 0 radical (unpaired) electrons. The summed E-state index contributed by atoms with van der Waals surface area (Å²) in [5, 5.41) is 16.5. The van der Waals surface area contributed by atoms with Crippen LogP contribution in [0.15, 0.2) is 30.3 Å². The number of nitrogens with zero attached hydrogens (tertiary/aromatic N) is 2. The lowest BCUT2D eigenvalue weighted by molar-refractivity contribution is 0.0908. The van der Waals surface area contributed by atoms with Gasteiger partial charge in [0.05, 0.1) is 5.69 Å². The maximum atomic E-state index is 13.0. The molecule has 0 aliphatic heterocycles. The number of aliphatic hydroxyl groups excluding tert-OH is 1. The van der Waals surface area contributed by atoms with Crippen LogP contribution in [-0.4, -0.2) is 33.4 Å². The smallest absolute Gasteiger partial charge is 0.272 e. The molecule has 2 N–H and O–H groups in total. The molecular weight excluding hydrogens is 309 g/mol. The van der Waals surface area contributed by atoms with E-state index in [1.165, 1.54) is 12.1 Å². The van der Waals surface area contributed by atoms with Gasteiger partial charge in [-0.2, -0.15) is 5.10 Å². The van der Waals surface area contributed by atoms with E-state index in [-0.39, 0.29) is 24.4 Å². The molecular formula is C18H22FN3O2. The molecule has 1 fully saturated rings. The quantitative estimate of drug-likeness (QED) is 0.905. The number of aromatic nitrogens is 2. The van der Waals surface area contributed by atoms with E-state index >= 15 is 0 Å². The number of carbonyl (C=O) groups excluding carboxylic acids is 1. The molecule has 5 nitrogen and oxygen atoms in total. The highest BCUT2D eigenvalue weighted by Gasteiger charge is 2.23. The Morgan fingerprint density at radius 2 is 1.96 bits per heavy atom. The maximum Gasteiger partial charge on any atom is 0.272 e. The van der Waals surface area contributed by atoms with E-state index in [4.69, 9.17) is 0 Å². The summed E-state index contributed by atoms with van der Waals surface area (Å²) in [6.07, 6.45) is 3.64. The fourth-order valence-electron chi connectivity index (χ4n) is 3.18. The van der Waals surface area contributed by atoms with Gasteiger partial charge in [0.25, 0.3) is 5.91 Å². The fourth-order valence-corrected chi connectivity index (χ4v) is 3.18. The third-order valence-electron chi connectivity index (χ3n) is 4.63. The molecule has 0 atom stereocenters. The van der Waals surface area contributed by atoms with E-state index in [0.717, 1.165) is 37.1 Å². The van der Waals surface area contributed by atoms with Crippen LogP contribution in [0.5, 0.6) is 0 Å². The SMILES string of the molecule is Cc1cc(C(=O)NC2CCC(CO)CC2)nn1-c1ccc(F)cc1. The molecule has 0 saturated heterocycles. The van der Waals surface area contributed by atoms with Gasteiger partial charge in [-0.15, -0.1) is 0 Å². The van der Waals surface area contributed by atoms with Crippen LogP contribution in [-0.2, 0) is 0 Å². The summed E-state index contributed by atoms with van der Waals surface area (Å²) in [6, 6.07) is 7.88. The third kappa shape index (κ3) is 3.64. The number of rotatable bonds is 4. The van der Waals surface area contributed by atoms with Gasteiger partial charge in [-0.3, -0.25) is 4.79 Å². The van der Waals surface area contributed by atoms with E-state index in [9.17, 15) is 14.3 Å². The number of nitrogens with one attached hydrogen (secondary N) is 1. The largest absolute Gasteiger partial charge is 0.396 e. The number of benzene rings is 1. The molecule has 0 bridgehead atoms. The zero-order chi connectivity index (χ0) is 17.1. The first-order valence-corrected chi connectivity index (χ1v) is 8.31. The Kier molecular flexibility index (Phi) is 4.94. The van der Waals surface area contributed by atoms with E-state index in [0.29, 0.717) is 11.6 Å². The summed E-state index contributed by atoms with van der Waals surface area (Å²) in [6.45, 7) is 2.08. The Balaban J connectivity index is 1.68. The van der Waals surface area contributed by atoms with Gasteiger partial charge in [-0.25, -0.2) is 9.07 Å². The van der Waals surface area contributed by atoms with Gasteiger partial charge in [0.15, 0.2) is 5.69 Å². The Hall–Kier alpha value is -2.21. The molecule has 1 aromatic carbocycles. The monoisotopic (exact) mass is 331 g/mol. The number of carbonyl (C=O) groups is 1. The van der Waals surface area contributed by atoms with Crippen molar-refractivity contribution in [3.63, 3.8) is 0 Å². The van der Waals surface area contributed by atoms with E-state index < -0.39 is 0 Å². The van der Waals surface area contributed by atoms with Gasteiger partial charge in [-0.1, -0.05) is 0 Å². The first kappa shape index (κ1) is 16.6. The molecule has 1 aromatic heterocycles. The van der Waals surface area contributed by atoms with Gasteiger partial charge in [-0.05, 0) is 68.9 Å². The van der Waals surface area contributed by atoms with Crippen molar-refractivity contribution >= 4 is 5.91 Å². The second kappa shape index (κ2) is 7.13. The van der Waals surface area contributed by atoms with Crippen molar-refractivity contribution in [1.82, 2.24) is 15.1 Å². The summed E-state index contributed by atoms with van der Waals surface area (Å²) in [5.74, 6) is -0.135. The van der Waals surface area contributed by atoms with Crippen molar-refractivity contribution < 1.29 is 14.3 Å². The average molecular weight is 331 g/mol. The second-order valence-electron chi connectivity index (χ2n) is 6.43. The van der Waals surface area contributed by atoms with Crippen molar-refractivity contribution in [3.8, 4) is 5.69 Å². The minimum Gasteiger partial charge on any atom is -0.396 e. The first-order valence-electron chi connectivity index (χ1n) is 8.31. The van der Waals surface area contributed by atoms with Crippen LogP contribution in [0.3, 0.4) is 0 Å². The molecule has 1 saturated carbocycles. The van der Waals surface area contributed by atoms with E-state index in [1.807, 2.05) is 6.92 Å². The number of hydrogen-bond donors (Lipinski definition) is 2. The van der Waals surface area contributed by atoms with Crippen LogP contribution in [0.2, 0.25) is 0 Å². The lowest BCUT2D eigenvalue weighted by Gasteiger charge is -2.27. The summed E-state index contributed by atoms with van der Waals surface area (Å²) >= 11 is 0. The normalized spacial score (nSPS) is 20.8. The topological polar surface area (TPSA) is 67.2 Å². The zero-order valence-corrected chi connectivity index (χ0v) is 13.7. The molecule has 128 valence electrons. The molecule has 1 heterocycles. The highest BCUT2D eigenvalue weighted by atomic mass is 19.1. The highest BCUT2D eigenvalue weighted by molar-refractivity contribution is 5.92. The maximum absolute atomic E-state index is 13.0. The Morgan fingerprint density at radius 3 is 2.58 bits per heavy atom. The van der Waals surface area contributed by atoms with Crippen molar-refractivity contribution in [2.24, 2.45) is 5.92 Å². The molecule has 2 aromatic rings. The van der Waals surface area contributed by atoms with Gasteiger partial charge < -0.3 is 10.4 Å². The zero-order valence-electron chi connectivity index (χ0n) is 13.7. The number of aliphatic hydroxyl groups is 1.